The van der Waals surface area contributed by atoms with Crippen molar-refractivity contribution in [3.63, 3.8) is 0 Å². The van der Waals surface area contributed by atoms with Gasteiger partial charge in [0.05, 0.1) is 30.7 Å². The zero-order valence-corrected chi connectivity index (χ0v) is 26.3. The Morgan fingerprint density at radius 3 is 2.59 bits per heavy atom. The third kappa shape index (κ3) is 6.22. The zero-order valence-electron chi connectivity index (χ0n) is 26.3. The van der Waals surface area contributed by atoms with Gasteiger partial charge >= 0.3 is 6.09 Å². The number of hydrogen-bond donors (Lipinski definition) is 1. The number of nitrogens with zero attached hydrogens (tertiary/aromatic N) is 3. The van der Waals surface area contributed by atoms with E-state index < -0.39 is 29.7 Å². The SMILES string of the molecule is CC[C@@H]1[C@@H]2CN(C(=O)[C@H](C3(C)CCCCC3)NC(=O)O[C@@H]3C[C@H]3CCCCCc3nc4ccc(OC)cc4nc3O2)[C@@H]1C=O. The molecule has 1 aromatic heterocycles. The van der Waals surface area contributed by atoms with Crippen LogP contribution in [0.2, 0.25) is 0 Å². The highest BCUT2D eigenvalue weighted by Crippen LogP contribution is 2.42. The molecule has 1 N–H and O–H groups in total. The molecule has 10 heteroatoms. The topological polar surface area (TPSA) is 120 Å². The van der Waals surface area contributed by atoms with E-state index in [1.807, 2.05) is 25.1 Å². The van der Waals surface area contributed by atoms with Crippen LogP contribution in [0.25, 0.3) is 11.0 Å². The van der Waals surface area contributed by atoms with E-state index in [0.29, 0.717) is 35.9 Å². The largest absolute Gasteiger partial charge is 0.497 e. The Bertz CT molecular complexity index is 1380. The quantitative estimate of drug-likeness (QED) is 0.460. The zero-order chi connectivity index (χ0) is 30.8. The number of ether oxygens (including phenoxy) is 3. The first-order valence-electron chi connectivity index (χ1n) is 16.6. The lowest BCUT2D eigenvalue weighted by molar-refractivity contribution is -0.140. The molecule has 238 valence electrons. The molecule has 10 nitrogen and oxygen atoms in total. The summed E-state index contributed by atoms with van der Waals surface area (Å²) in [7, 11) is 1.62. The number of rotatable bonds is 4. The predicted molar refractivity (Wildman–Crippen MR) is 165 cm³/mol. The monoisotopic (exact) mass is 606 g/mol. The van der Waals surface area contributed by atoms with Crippen molar-refractivity contribution < 1.29 is 28.6 Å². The lowest BCUT2D eigenvalue weighted by atomic mass is 9.70. The number of amides is 2. The summed E-state index contributed by atoms with van der Waals surface area (Å²) in [6.07, 6.45) is 10.7. The molecular formula is C34H46N4O6. The number of carbonyl (C=O) groups excluding carboxylic acids is 3. The van der Waals surface area contributed by atoms with Crippen molar-refractivity contribution in [1.82, 2.24) is 20.2 Å². The maximum absolute atomic E-state index is 14.5. The first-order valence-corrected chi connectivity index (χ1v) is 16.6. The molecule has 2 saturated carbocycles. The van der Waals surface area contributed by atoms with Gasteiger partial charge in [0.1, 0.15) is 36.0 Å². The fraction of sp³-hybridized carbons (Fsp3) is 0.676. The lowest BCUT2D eigenvalue weighted by Crippen LogP contribution is -2.58. The van der Waals surface area contributed by atoms with Crippen molar-refractivity contribution in [1.29, 1.82) is 0 Å². The molecule has 0 unspecified atom stereocenters. The molecule has 0 spiro atoms. The molecule has 2 amide bonds. The van der Waals surface area contributed by atoms with Gasteiger partial charge < -0.3 is 29.2 Å². The van der Waals surface area contributed by atoms with Crippen LogP contribution < -0.4 is 14.8 Å². The van der Waals surface area contributed by atoms with E-state index in [1.165, 1.54) is 0 Å². The predicted octanol–water partition coefficient (Wildman–Crippen LogP) is 5.39. The molecule has 44 heavy (non-hydrogen) atoms. The van der Waals surface area contributed by atoms with E-state index in [0.717, 1.165) is 81.7 Å². The fourth-order valence-corrected chi connectivity index (χ4v) is 7.71. The van der Waals surface area contributed by atoms with Gasteiger partial charge in [0.15, 0.2) is 0 Å². The highest BCUT2D eigenvalue weighted by Gasteiger charge is 2.51. The van der Waals surface area contributed by atoms with Gasteiger partial charge in [0, 0.05) is 12.0 Å². The number of aldehydes is 1. The maximum Gasteiger partial charge on any atom is 0.408 e. The summed E-state index contributed by atoms with van der Waals surface area (Å²) in [6.45, 7) is 4.33. The molecule has 1 aromatic carbocycles. The summed E-state index contributed by atoms with van der Waals surface area (Å²) in [5.74, 6) is 1.03. The van der Waals surface area contributed by atoms with Gasteiger partial charge in [-0.05, 0) is 68.4 Å². The summed E-state index contributed by atoms with van der Waals surface area (Å²) in [5, 5.41) is 3.00. The fourth-order valence-electron chi connectivity index (χ4n) is 7.71. The van der Waals surface area contributed by atoms with Gasteiger partial charge in [0.25, 0.3) is 0 Å². The van der Waals surface area contributed by atoms with Crippen molar-refractivity contribution in [3.8, 4) is 11.6 Å². The molecule has 6 rings (SSSR count). The third-order valence-electron chi connectivity index (χ3n) is 10.5. The third-order valence-corrected chi connectivity index (χ3v) is 10.5. The Kier molecular flexibility index (Phi) is 8.96. The van der Waals surface area contributed by atoms with Crippen LogP contribution in [0.4, 0.5) is 4.79 Å². The second kappa shape index (κ2) is 12.9. The summed E-state index contributed by atoms with van der Waals surface area (Å²) in [5.41, 5.74) is 1.80. The maximum atomic E-state index is 14.5. The minimum Gasteiger partial charge on any atom is -0.497 e. The molecule has 2 bridgehead atoms. The molecular weight excluding hydrogens is 560 g/mol. The van der Waals surface area contributed by atoms with Crippen LogP contribution in [0.5, 0.6) is 11.6 Å². The number of nitrogens with one attached hydrogen (secondary N) is 1. The van der Waals surface area contributed by atoms with E-state index in [1.54, 1.807) is 12.0 Å². The van der Waals surface area contributed by atoms with Gasteiger partial charge in [-0.15, -0.1) is 0 Å². The highest BCUT2D eigenvalue weighted by atomic mass is 16.6. The number of alkyl carbamates (subject to hydrolysis) is 1. The molecule has 4 aliphatic rings. The van der Waals surface area contributed by atoms with Crippen molar-refractivity contribution in [2.75, 3.05) is 13.7 Å². The second-order valence-corrected chi connectivity index (χ2v) is 13.5. The number of hydrogen-bond acceptors (Lipinski definition) is 8. The van der Waals surface area contributed by atoms with Crippen molar-refractivity contribution in [3.05, 3.63) is 23.9 Å². The Balaban J connectivity index is 1.36. The summed E-state index contributed by atoms with van der Waals surface area (Å²) in [4.78, 5) is 51.8. The van der Waals surface area contributed by atoms with Crippen molar-refractivity contribution >= 4 is 29.3 Å². The van der Waals surface area contributed by atoms with Gasteiger partial charge in [-0.1, -0.05) is 46.0 Å². The van der Waals surface area contributed by atoms with Gasteiger partial charge in [0.2, 0.25) is 11.8 Å². The Labute approximate surface area is 259 Å². The van der Waals surface area contributed by atoms with Crippen LogP contribution in [-0.4, -0.2) is 71.1 Å². The first kappa shape index (κ1) is 30.6. The van der Waals surface area contributed by atoms with Crippen LogP contribution >= 0.6 is 0 Å². The molecule has 3 heterocycles. The number of carbonyl (C=O) groups is 3. The summed E-state index contributed by atoms with van der Waals surface area (Å²) >= 11 is 0. The minimum absolute atomic E-state index is 0.101. The molecule has 6 atom stereocenters. The van der Waals surface area contributed by atoms with Gasteiger partial charge in [-0.2, -0.15) is 0 Å². The summed E-state index contributed by atoms with van der Waals surface area (Å²) < 4.78 is 17.9. The van der Waals surface area contributed by atoms with Crippen molar-refractivity contribution in [2.24, 2.45) is 17.3 Å². The Morgan fingerprint density at radius 2 is 1.84 bits per heavy atom. The summed E-state index contributed by atoms with van der Waals surface area (Å²) in [6, 6.07) is 4.18. The van der Waals surface area contributed by atoms with E-state index >= 15 is 0 Å². The number of fused-ring (bicyclic) bond motifs is 5. The van der Waals surface area contributed by atoms with Crippen molar-refractivity contribution in [2.45, 2.75) is 115 Å². The number of methoxy groups -OCH3 is 1. The Hall–Kier alpha value is -3.43. The normalized spacial score (nSPS) is 30.9. The smallest absolute Gasteiger partial charge is 0.408 e. The van der Waals surface area contributed by atoms with E-state index in [9.17, 15) is 14.4 Å². The molecule has 2 aliphatic carbocycles. The second-order valence-electron chi connectivity index (χ2n) is 13.5. The molecule has 1 saturated heterocycles. The lowest BCUT2D eigenvalue weighted by Gasteiger charge is -2.41. The van der Waals surface area contributed by atoms with E-state index in [2.05, 4.69) is 12.2 Å². The molecule has 2 aromatic rings. The van der Waals surface area contributed by atoms with Crippen LogP contribution in [-0.2, 0) is 20.7 Å². The van der Waals surface area contributed by atoms with E-state index in [4.69, 9.17) is 24.2 Å². The van der Waals surface area contributed by atoms with Crippen LogP contribution in [0.15, 0.2) is 18.2 Å². The van der Waals surface area contributed by atoms with Gasteiger partial charge in [-0.3, -0.25) is 4.79 Å². The number of benzene rings is 1. The molecule has 2 aliphatic heterocycles. The first-order chi connectivity index (χ1) is 21.3. The van der Waals surface area contributed by atoms with Gasteiger partial charge in [-0.25, -0.2) is 14.8 Å². The van der Waals surface area contributed by atoms with Crippen LogP contribution in [0.1, 0.15) is 90.2 Å². The molecule has 3 fully saturated rings. The highest BCUT2D eigenvalue weighted by molar-refractivity contribution is 5.89. The Morgan fingerprint density at radius 1 is 1.05 bits per heavy atom. The van der Waals surface area contributed by atoms with Crippen LogP contribution in [0.3, 0.4) is 0 Å². The van der Waals surface area contributed by atoms with Crippen LogP contribution in [0, 0.1) is 17.3 Å². The van der Waals surface area contributed by atoms with E-state index in [-0.39, 0.29) is 24.5 Å². The minimum atomic E-state index is -0.784. The number of aromatic nitrogens is 2. The molecule has 0 radical (unpaired) electrons. The average molecular weight is 607 g/mol. The average Bonchev–Trinajstić information content (AvgIpc) is 3.66. The number of aryl methyl sites for hydroxylation is 1. The standard InChI is InChI=1S/C34H46N4O6/c1-4-23-27(20-39)38-19-29(23)43-31-25(35-24-14-13-22(42-3)18-26(24)36-31)12-8-5-7-11-21-17-28(21)44-33(41)37-30(32(38)40)34(2)15-9-6-10-16-34/h13-14,18,20-21,23,27-30H,4-12,15-17,19H2,1-3H3,(H,37,41)/t21-,23+,27-,28-,29+,30-/m1/s1.